The van der Waals surface area contributed by atoms with Gasteiger partial charge in [0.15, 0.2) is 0 Å². The van der Waals surface area contributed by atoms with E-state index in [1.165, 1.54) is 0 Å². The van der Waals surface area contributed by atoms with Crippen LogP contribution in [0, 0.1) is 0 Å². The quantitative estimate of drug-likeness (QED) is 0.894. The van der Waals surface area contributed by atoms with Crippen molar-refractivity contribution in [2.45, 2.75) is 13.5 Å². The van der Waals surface area contributed by atoms with Gasteiger partial charge < -0.3 is 15.2 Å². The van der Waals surface area contributed by atoms with E-state index in [2.05, 4.69) is 6.07 Å². The maximum absolute atomic E-state index is 5.74. The third-order valence-electron chi connectivity index (χ3n) is 3.00. The number of rotatable bonds is 5. The number of benzene rings is 2. The summed E-state index contributed by atoms with van der Waals surface area (Å²) in [6.45, 7) is 3.12. The summed E-state index contributed by atoms with van der Waals surface area (Å²) in [6, 6.07) is 14.1. The van der Waals surface area contributed by atoms with Crippen LogP contribution in [0.15, 0.2) is 42.5 Å². The SMILES string of the molecule is CCOc1ccc(-c2ccc(OC)c(CN)c2)cc1. The van der Waals surface area contributed by atoms with Gasteiger partial charge in [0.1, 0.15) is 11.5 Å². The Bertz CT molecular complexity index is 535. The molecule has 2 N–H and O–H groups in total. The van der Waals surface area contributed by atoms with Crippen LogP contribution in [0.5, 0.6) is 11.5 Å². The van der Waals surface area contributed by atoms with Gasteiger partial charge in [-0.05, 0) is 42.3 Å². The highest BCUT2D eigenvalue weighted by Crippen LogP contribution is 2.27. The molecule has 0 aliphatic carbocycles. The first-order valence-electron chi connectivity index (χ1n) is 6.38. The topological polar surface area (TPSA) is 44.5 Å². The lowest BCUT2D eigenvalue weighted by Gasteiger charge is -2.10. The Balaban J connectivity index is 2.30. The van der Waals surface area contributed by atoms with Gasteiger partial charge in [-0.3, -0.25) is 0 Å². The van der Waals surface area contributed by atoms with Crippen molar-refractivity contribution in [3.8, 4) is 22.6 Å². The molecule has 2 aromatic carbocycles. The molecule has 0 amide bonds. The molecule has 0 aromatic heterocycles. The Hall–Kier alpha value is -2.00. The van der Waals surface area contributed by atoms with Crippen molar-refractivity contribution in [2.75, 3.05) is 13.7 Å². The zero-order chi connectivity index (χ0) is 13.7. The normalized spacial score (nSPS) is 10.3. The molecule has 0 saturated heterocycles. The minimum Gasteiger partial charge on any atom is -0.496 e. The second-order valence-corrected chi connectivity index (χ2v) is 4.19. The van der Waals surface area contributed by atoms with Gasteiger partial charge in [0, 0.05) is 12.1 Å². The lowest BCUT2D eigenvalue weighted by molar-refractivity contribution is 0.340. The van der Waals surface area contributed by atoms with E-state index in [-0.39, 0.29) is 0 Å². The number of methoxy groups -OCH3 is 1. The van der Waals surface area contributed by atoms with E-state index in [0.29, 0.717) is 13.2 Å². The van der Waals surface area contributed by atoms with Gasteiger partial charge in [-0.15, -0.1) is 0 Å². The summed E-state index contributed by atoms with van der Waals surface area (Å²) in [5.74, 6) is 1.72. The van der Waals surface area contributed by atoms with Gasteiger partial charge in [-0.2, -0.15) is 0 Å². The first kappa shape index (κ1) is 13.4. The molecule has 0 atom stereocenters. The third kappa shape index (κ3) is 3.06. The second-order valence-electron chi connectivity index (χ2n) is 4.19. The van der Waals surface area contributed by atoms with Crippen LogP contribution in [0.2, 0.25) is 0 Å². The van der Waals surface area contributed by atoms with Crippen molar-refractivity contribution in [3.05, 3.63) is 48.0 Å². The van der Waals surface area contributed by atoms with Gasteiger partial charge in [0.2, 0.25) is 0 Å². The molecule has 2 aromatic rings. The summed E-state index contributed by atoms with van der Waals surface area (Å²) < 4.78 is 10.7. The second kappa shape index (κ2) is 6.25. The van der Waals surface area contributed by atoms with Crippen LogP contribution in [0.3, 0.4) is 0 Å². The van der Waals surface area contributed by atoms with Crippen LogP contribution in [-0.2, 0) is 6.54 Å². The highest BCUT2D eigenvalue weighted by molar-refractivity contribution is 5.66. The van der Waals surface area contributed by atoms with Crippen molar-refractivity contribution < 1.29 is 9.47 Å². The third-order valence-corrected chi connectivity index (χ3v) is 3.00. The lowest BCUT2D eigenvalue weighted by Crippen LogP contribution is -2.00. The van der Waals surface area contributed by atoms with E-state index in [9.17, 15) is 0 Å². The number of hydrogen-bond acceptors (Lipinski definition) is 3. The summed E-state index contributed by atoms with van der Waals surface area (Å²) in [4.78, 5) is 0. The predicted octanol–water partition coefficient (Wildman–Crippen LogP) is 3.22. The molecule has 3 heteroatoms. The van der Waals surface area contributed by atoms with E-state index in [0.717, 1.165) is 28.2 Å². The largest absolute Gasteiger partial charge is 0.496 e. The van der Waals surface area contributed by atoms with Crippen LogP contribution in [-0.4, -0.2) is 13.7 Å². The van der Waals surface area contributed by atoms with Crippen LogP contribution in [0.4, 0.5) is 0 Å². The molecule has 0 spiro atoms. The highest BCUT2D eigenvalue weighted by Gasteiger charge is 2.04. The van der Waals surface area contributed by atoms with Crippen LogP contribution in [0.25, 0.3) is 11.1 Å². The Morgan fingerprint density at radius 1 is 1.00 bits per heavy atom. The van der Waals surface area contributed by atoms with Crippen LogP contribution < -0.4 is 15.2 Å². The van der Waals surface area contributed by atoms with E-state index in [1.807, 2.05) is 43.3 Å². The van der Waals surface area contributed by atoms with E-state index >= 15 is 0 Å². The van der Waals surface area contributed by atoms with Gasteiger partial charge in [0.05, 0.1) is 13.7 Å². The Kier molecular flexibility index (Phi) is 4.42. The maximum atomic E-state index is 5.74. The molecule has 0 bridgehead atoms. The first-order chi connectivity index (χ1) is 9.28. The van der Waals surface area contributed by atoms with Crippen molar-refractivity contribution in [1.29, 1.82) is 0 Å². The molecular weight excluding hydrogens is 238 g/mol. The monoisotopic (exact) mass is 257 g/mol. The summed E-state index contributed by atoms with van der Waals surface area (Å²) in [5, 5.41) is 0. The van der Waals surface area contributed by atoms with Crippen molar-refractivity contribution >= 4 is 0 Å². The fraction of sp³-hybridized carbons (Fsp3) is 0.250. The van der Waals surface area contributed by atoms with Crippen LogP contribution >= 0.6 is 0 Å². The maximum Gasteiger partial charge on any atom is 0.123 e. The molecular formula is C16H19NO2. The smallest absolute Gasteiger partial charge is 0.123 e. The summed E-state index contributed by atoms with van der Waals surface area (Å²) in [6.07, 6.45) is 0. The standard InChI is InChI=1S/C16H19NO2/c1-3-19-15-7-4-12(5-8-15)13-6-9-16(18-2)14(10-13)11-17/h4-10H,3,11,17H2,1-2H3. The van der Waals surface area contributed by atoms with Gasteiger partial charge in [-0.25, -0.2) is 0 Å². The van der Waals surface area contributed by atoms with Gasteiger partial charge in [-0.1, -0.05) is 18.2 Å². The molecule has 100 valence electrons. The zero-order valence-electron chi connectivity index (χ0n) is 11.3. The average molecular weight is 257 g/mol. The van der Waals surface area contributed by atoms with Crippen LogP contribution in [0.1, 0.15) is 12.5 Å². The first-order valence-corrected chi connectivity index (χ1v) is 6.38. The molecule has 0 aliphatic heterocycles. The predicted molar refractivity (Wildman–Crippen MR) is 77.5 cm³/mol. The Morgan fingerprint density at radius 2 is 1.68 bits per heavy atom. The number of nitrogens with two attached hydrogens (primary N) is 1. The summed E-state index contributed by atoms with van der Waals surface area (Å²) >= 11 is 0. The lowest BCUT2D eigenvalue weighted by atomic mass is 10.0. The molecule has 2 rings (SSSR count). The zero-order valence-corrected chi connectivity index (χ0v) is 11.3. The molecule has 0 unspecified atom stereocenters. The molecule has 19 heavy (non-hydrogen) atoms. The molecule has 0 fully saturated rings. The number of ether oxygens (including phenoxy) is 2. The summed E-state index contributed by atoms with van der Waals surface area (Å²) in [5.41, 5.74) is 9.01. The minimum atomic E-state index is 0.466. The van der Waals surface area contributed by atoms with Gasteiger partial charge in [0.25, 0.3) is 0 Å². The molecule has 0 aliphatic rings. The Morgan fingerprint density at radius 3 is 2.26 bits per heavy atom. The fourth-order valence-corrected chi connectivity index (χ4v) is 2.03. The van der Waals surface area contributed by atoms with Gasteiger partial charge >= 0.3 is 0 Å². The molecule has 0 heterocycles. The molecule has 0 saturated carbocycles. The number of hydrogen-bond donors (Lipinski definition) is 1. The molecule has 0 radical (unpaired) electrons. The highest BCUT2D eigenvalue weighted by atomic mass is 16.5. The molecule has 3 nitrogen and oxygen atoms in total. The van der Waals surface area contributed by atoms with E-state index in [4.69, 9.17) is 15.2 Å². The van der Waals surface area contributed by atoms with Crippen molar-refractivity contribution in [2.24, 2.45) is 5.73 Å². The average Bonchev–Trinajstić information content (AvgIpc) is 2.47. The Labute approximate surface area is 114 Å². The van der Waals surface area contributed by atoms with Crippen molar-refractivity contribution in [1.82, 2.24) is 0 Å². The summed E-state index contributed by atoms with van der Waals surface area (Å²) in [7, 11) is 1.66. The van der Waals surface area contributed by atoms with E-state index in [1.54, 1.807) is 7.11 Å². The van der Waals surface area contributed by atoms with Crippen molar-refractivity contribution in [3.63, 3.8) is 0 Å². The van der Waals surface area contributed by atoms with E-state index < -0.39 is 0 Å². The fourth-order valence-electron chi connectivity index (χ4n) is 2.03. The minimum absolute atomic E-state index is 0.466.